The van der Waals surface area contributed by atoms with Crippen molar-refractivity contribution in [3.8, 4) is 22.4 Å². The van der Waals surface area contributed by atoms with Crippen LogP contribution >= 0.6 is 27.7 Å². The maximum atomic E-state index is 11.6. The predicted octanol–water partition coefficient (Wildman–Crippen LogP) is 7.90. The quantitative estimate of drug-likeness (QED) is 0.0755. The fourth-order valence-corrected chi connectivity index (χ4v) is 8.75. The highest BCUT2D eigenvalue weighted by Crippen LogP contribution is 2.42. The Morgan fingerprint density at radius 1 is 0.936 bits per heavy atom. The van der Waals surface area contributed by atoms with Crippen LogP contribution in [0.4, 0.5) is 5.82 Å². The van der Waals surface area contributed by atoms with Crippen molar-refractivity contribution in [3.63, 3.8) is 0 Å². The highest BCUT2D eigenvalue weighted by atomic mass is 79.9. The van der Waals surface area contributed by atoms with Crippen molar-refractivity contribution in [3.05, 3.63) is 65.0 Å². The number of hydrogen-bond donors (Lipinski definition) is 2. The monoisotopic (exact) mass is 757 g/mol. The Morgan fingerprint density at radius 3 is 2.26 bits per heavy atom. The van der Waals surface area contributed by atoms with E-state index in [1.165, 1.54) is 4.90 Å². The van der Waals surface area contributed by atoms with Crippen molar-refractivity contribution >= 4 is 55.3 Å². The first kappa shape index (κ1) is 36.2. The number of aliphatic hydroxyl groups is 2. The Kier molecular flexibility index (Phi) is 11.7. The Bertz CT molecular complexity index is 1620. The molecule has 0 spiro atoms. The van der Waals surface area contributed by atoms with Crippen LogP contribution in [0, 0.1) is 0 Å². The number of thioether (sulfide) groups is 1. The molecule has 0 radical (unpaired) electrons. The van der Waals surface area contributed by atoms with Crippen LogP contribution in [0.2, 0.25) is 51.4 Å². The van der Waals surface area contributed by atoms with E-state index in [1.54, 1.807) is 10.7 Å². The highest BCUT2D eigenvalue weighted by Gasteiger charge is 2.39. The van der Waals surface area contributed by atoms with Crippen molar-refractivity contribution in [1.29, 1.82) is 0 Å². The normalized spacial score (nSPS) is 15.0. The van der Waals surface area contributed by atoms with Gasteiger partial charge in [0, 0.05) is 51.6 Å². The zero-order chi connectivity index (χ0) is 33.8. The molecule has 5 rings (SSSR count). The van der Waals surface area contributed by atoms with Crippen molar-refractivity contribution in [1.82, 2.24) is 19.6 Å². The molecule has 4 aromatic rings. The first-order chi connectivity index (χ1) is 22.2. The minimum atomic E-state index is -2.65. The Hall–Kier alpha value is -2.11. The lowest BCUT2D eigenvalue weighted by Gasteiger charge is -2.37. The third kappa shape index (κ3) is 9.32. The van der Waals surface area contributed by atoms with Gasteiger partial charge < -0.3 is 19.7 Å². The largest absolute Gasteiger partial charge is 0.375 e. The van der Waals surface area contributed by atoms with Crippen LogP contribution < -0.4 is 4.90 Å². The summed E-state index contributed by atoms with van der Waals surface area (Å²) in [6.45, 7) is 14.2. The summed E-state index contributed by atoms with van der Waals surface area (Å²) in [5, 5.41) is 28.1. The summed E-state index contributed by atoms with van der Waals surface area (Å²) in [4.78, 5) is 11.4. The van der Waals surface area contributed by atoms with Crippen LogP contribution in [0.5, 0.6) is 0 Å². The maximum Gasteiger partial charge on any atom is 0.375 e. The molecule has 9 nitrogen and oxygen atoms in total. The van der Waals surface area contributed by atoms with E-state index >= 15 is 0 Å². The summed E-state index contributed by atoms with van der Waals surface area (Å²) in [6, 6.07) is 15.8. The van der Waals surface area contributed by atoms with Gasteiger partial charge in [-0.1, -0.05) is 75.7 Å². The van der Waals surface area contributed by atoms with Gasteiger partial charge in [0.1, 0.15) is 6.73 Å². The fourth-order valence-electron chi connectivity index (χ4n) is 5.38. The average Bonchev–Trinajstić information content (AvgIpc) is 3.44. The van der Waals surface area contributed by atoms with E-state index in [4.69, 9.17) is 24.5 Å². The number of pyridine rings is 1. The average molecular weight is 759 g/mol. The molecular formula is C34H48BrN5O4SSi2. The summed E-state index contributed by atoms with van der Waals surface area (Å²) < 4.78 is 14.3. The number of halogens is 1. The van der Waals surface area contributed by atoms with Gasteiger partial charge in [0.25, 0.3) is 0 Å². The number of anilines is 1. The van der Waals surface area contributed by atoms with Crippen molar-refractivity contribution < 1.29 is 19.7 Å². The van der Waals surface area contributed by atoms with Gasteiger partial charge in [-0.3, -0.25) is 9.88 Å². The van der Waals surface area contributed by atoms with Crippen LogP contribution in [-0.2, 0) is 9.47 Å². The van der Waals surface area contributed by atoms with Crippen molar-refractivity contribution in [2.75, 3.05) is 36.4 Å². The maximum absolute atomic E-state index is 11.6. The van der Waals surface area contributed by atoms with E-state index in [-0.39, 0.29) is 19.3 Å². The number of aromatic nitrogens is 4. The number of ether oxygens (including phenoxy) is 2. The summed E-state index contributed by atoms with van der Waals surface area (Å²) in [5.74, 6) is 2.71. The molecule has 0 unspecified atom stereocenters. The molecule has 0 aliphatic carbocycles. The predicted molar refractivity (Wildman–Crippen MR) is 201 cm³/mol. The molecule has 3 aromatic heterocycles. The fraction of sp³-hybridized carbons (Fsp3) is 0.500. The number of rotatable bonds is 14. The zero-order valence-corrected chi connectivity index (χ0v) is 32.8. The number of hydrogen-bond acceptors (Lipinski definition) is 9. The van der Waals surface area contributed by atoms with Crippen LogP contribution in [0.1, 0.15) is 24.5 Å². The van der Waals surface area contributed by atoms with Gasteiger partial charge in [-0.25, -0.2) is 4.98 Å². The molecule has 0 saturated carbocycles. The lowest BCUT2D eigenvalue weighted by Crippen LogP contribution is -2.54. The second-order valence-corrected chi connectivity index (χ2v) is 27.9. The molecular weight excluding hydrogens is 711 g/mol. The van der Waals surface area contributed by atoms with E-state index in [1.807, 2.05) is 60.4 Å². The van der Waals surface area contributed by atoms with Gasteiger partial charge in [0.05, 0.1) is 28.7 Å². The number of fused-ring (bicyclic) bond motifs is 1. The molecule has 0 amide bonds. The molecule has 1 aliphatic rings. The smallest absolute Gasteiger partial charge is 0.361 e. The van der Waals surface area contributed by atoms with Gasteiger partial charge >= 0.3 is 6.10 Å². The lowest BCUT2D eigenvalue weighted by molar-refractivity contribution is -0.339. The first-order valence-corrected chi connectivity index (χ1v) is 25.7. The third-order valence-corrected chi connectivity index (χ3v) is 13.5. The van der Waals surface area contributed by atoms with Gasteiger partial charge in [0.15, 0.2) is 11.5 Å². The summed E-state index contributed by atoms with van der Waals surface area (Å²) in [5.41, 5.74) is 5.07. The summed E-state index contributed by atoms with van der Waals surface area (Å²) >= 11 is 5.82. The SMILES string of the molecule is C[Si](C)(C)CCOCN(c1c(Br)c(C2CCSCC2)nc2c(-c3ccc(-c4ccccc4)nc3)cnn12)C(O)(O)OCC[Si](C)(C)C. The minimum Gasteiger partial charge on any atom is -0.361 e. The van der Waals surface area contributed by atoms with Crippen molar-refractivity contribution in [2.45, 2.75) is 76.2 Å². The second kappa shape index (κ2) is 15.2. The number of nitrogens with zero attached hydrogens (tertiary/aromatic N) is 5. The Labute approximate surface area is 293 Å². The van der Waals surface area contributed by atoms with Crippen LogP contribution in [0.15, 0.2) is 59.3 Å². The Balaban J connectivity index is 1.60. The van der Waals surface area contributed by atoms with Gasteiger partial charge in [-0.2, -0.15) is 21.4 Å². The Morgan fingerprint density at radius 2 is 1.62 bits per heavy atom. The molecule has 254 valence electrons. The highest BCUT2D eigenvalue weighted by molar-refractivity contribution is 9.10. The first-order valence-electron chi connectivity index (χ1n) is 16.3. The van der Waals surface area contributed by atoms with E-state index in [0.717, 1.165) is 64.5 Å². The van der Waals surface area contributed by atoms with Gasteiger partial charge in [-0.15, -0.1) is 0 Å². The van der Waals surface area contributed by atoms with Gasteiger partial charge in [0.2, 0.25) is 0 Å². The molecule has 13 heteroatoms. The van der Waals surface area contributed by atoms with Crippen LogP contribution in [-0.4, -0.2) is 83.5 Å². The topological polar surface area (TPSA) is 105 Å². The second-order valence-electron chi connectivity index (χ2n) is 14.6. The zero-order valence-electron chi connectivity index (χ0n) is 28.4. The standard InChI is InChI=1S/C34H48BrN5O4SSi2/c1-46(2,3)20-16-43-24-39(34(41,42)44-17-21-47(4,5)6)33-30(35)31(26-14-18-45-19-15-26)38-32-28(23-37-40(32)33)27-12-13-29(36-22-27)25-10-8-7-9-11-25/h7-13,22-23,26,41-42H,14-21,24H2,1-6H3. The summed E-state index contributed by atoms with van der Waals surface area (Å²) in [7, 11) is -2.89. The van der Waals surface area contributed by atoms with Crippen LogP contribution in [0.25, 0.3) is 28.0 Å². The molecule has 1 saturated heterocycles. The number of benzene rings is 1. The van der Waals surface area contributed by atoms with E-state index in [9.17, 15) is 10.2 Å². The molecule has 0 bridgehead atoms. The molecule has 1 aromatic carbocycles. The molecule has 1 aliphatic heterocycles. The minimum absolute atomic E-state index is 0.107. The van der Waals surface area contributed by atoms with E-state index in [0.29, 0.717) is 22.5 Å². The summed E-state index contributed by atoms with van der Waals surface area (Å²) in [6.07, 6.45) is 2.92. The lowest BCUT2D eigenvalue weighted by atomic mass is 9.98. The molecule has 4 heterocycles. The van der Waals surface area contributed by atoms with E-state index < -0.39 is 22.2 Å². The van der Waals surface area contributed by atoms with Crippen molar-refractivity contribution in [2.24, 2.45) is 0 Å². The van der Waals surface area contributed by atoms with Crippen LogP contribution in [0.3, 0.4) is 0 Å². The molecule has 2 N–H and O–H groups in total. The van der Waals surface area contributed by atoms with E-state index in [2.05, 4.69) is 55.2 Å². The molecule has 0 atom stereocenters. The van der Waals surface area contributed by atoms with Gasteiger partial charge in [-0.05, 0) is 58.4 Å². The third-order valence-electron chi connectivity index (χ3n) is 8.32. The molecule has 1 fully saturated rings. The molecule has 47 heavy (non-hydrogen) atoms.